The molecule has 0 aliphatic heterocycles. The van der Waals surface area contributed by atoms with Crippen LogP contribution < -0.4 is 9.47 Å². The van der Waals surface area contributed by atoms with E-state index in [1.807, 2.05) is 65.4 Å². The highest BCUT2D eigenvalue weighted by Crippen LogP contribution is 2.48. The van der Waals surface area contributed by atoms with E-state index >= 15 is 0 Å². The van der Waals surface area contributed by atoms with Crippen molar-refractivity contribution < 1.29 is 18.3 Å². The fourth-order valence-electron chi connectivity index (χ4n) is 4.26. The van der Waals surface area contributed by atoms with Crippen molar-refractivity contribution in [3.63, 3.8) is 0 Å². The molecule has 0 spiro atoms. The van der Waals surface area contributed by atoms with Crippen molar-refractivity contribution in [2.24, 2.45) is 0 Å². The second-order valence-corrected chi connectivity index (χ2v) is 9.24. The summed E-state index contributed by atoms with van der Waals surface area (Å²) in [5.74, 6) is 0.718. The summed E-state index contributed by atoms with van der Waals surface area (Å²) < 4.78 is 40.3. The minimum atomic E-state index is -2.89. The number of para-hydroxylation sites is 1. The molecule has 32 heavy (non-hydrogen) atoms. The Bertz CT molecular complexity index is 1280. The maximum absolute atomic E-state index is 13.1. The first-order valence-electron chi connectivity index (χ1n) is 10.1. The molecule has 0 N–H and O–H groups in total. The largest absolute Gasteiger partial charge is 0.484 e. The summed E-state index contributed by atoms with van der Waals surface area (Å²) in [6.07, 6.45) is 4.22. The number of hydrogen-bond acceptors (Lipinski definition) is 4. The lowest BCUT2D eigenvalue weighted by molar-refractivity contribution is -0.0505. The number of pyridine rings is 1. The summed E-state index contributed by atoms with van der Waals surface area (Å²) in [5.41, 5.74) is 3.22. The molecular weight excluding hydrogens is 498 g/mol. The number of benzene rings is 2. The van der Waals surface area contributed by atoms with Gasteiger partial charge in [-0.2, -0.15) is 8.78 Å². The zero-order valence-electron chi connectivity index (χ0n) is 17.0. The molecule has 1 aliphatic rings. The van der Waals surface area contributed by atoms with Crippen molar-refractivity contribution in [1.29, 1.82) is 0 Å². The Kier molecular flexibility index (Phi) is 5.82. The Balaban J connectivity index is 1.61. The van der Waals surface area contributed by atoms with Crippen LogP contribution >= 0.6 is 27.7 Å². The Hall–Kier alpha value is -2.58. The molecule has 0 bridgehead atoms. The van der Waals surface area contributed by atoms with Crippen molar-refractivity contribution >= 4 is 33.3 Å². The zero-order valence-corrected chi connectivity index (χ0v) is 19.4. The lowest BCUT2D eigenvalue weighted by Gasteiger charge is -2.18. The number of nitrogens with zero attached hydrogens (tertiary/aromatic N) is 2. The Morgan fingerprint density at radius 2 is 1.97 bits per heavy atom. The summed E-state index contributed by atoms with van der Waals surface area (Å²) >= 11 is 5.17. The topological polar surface area (TPSA) is 35.8 Å². The molecule has 1 aliphatic carbocycles. The van der Waals surface area contributed by atoms with Gasteiger partial charge in [-0.1, -0.05) is 24.3 Å². The predicted molar refractivity (Wildman–Crippen MR) is 124 cm³/mol. The van der Waals surface area contributed by atoms with Crippen LogP contribution in [-0.2, 0) is 0 Å². The van der Waals surface area contributed by atoms with Gasteiger partial charge in [0.2, 0.25) is 0 Å². The van der Waals surface area contributed by atoms with Crippen LogP contribution in [-0.4, -0.2) is 22.3 Å². The third kappa shape index (κ3) is 3.97. The predicted octanol–water partition coefficient (Wildman–Crippen LogP) is 7.08. The second-order valence-electron chi connectivity index (χ2n) is 7.45. The molecule has 0 amide bonds. The number of aromatic nitrogens is 2. The van der Waals surface area contributed by atoms with Crippen LogP contribution in [0.3, 0.4) is 0 Å². The number of ether oxygens (including phenoxy) is 2. The summed E-state index contributed by atoms with van der Waals surface area (Å²) in [4.78, 5) is 5.95. The van der Waals surface area contributed by atoms with Gasteiger partial charge in [0.05, 0.1) is 5.69 Å². The fraction of sp³-hybridized carbons (Fsp3) is 0.208. The van der Waals surface area contributed by atoms with Crippen LogP contribution in [0.15, 0.2) is 76.2 Å². The normalized spacial score (nSPS) is 17.7. The summed E-state index contributed by atoms with van der Waals surface area (Å²) in [6, 6.07) is 18.7. The number of thioether (sulfide) groups is 1. The molecule has 5 rings (SSSR count). The molecule has 2 heterocycles. The van der Waals surface area contributed by atoms with Gasteiger partial charge in [0.1, 0.15) is 28.9 Å². The van der Waals surface area contributed by atoms with E-state index < -0.39 is 6.61 Å². The third-order valence-corrected chi connectivity index (χ3v) is 6.76. The first-order valence-corrected chi connectivity index (χ1v) is 12.1. The van der Waals surface area contributed by atoms with Gasteiger partial charge >= 0.3 is 6.61 Å². The van der Waals surface area contributed by atoms with Crippen LogP contribution in [0.1, 0.15) is 35.4 Å². The van der Waals surface area contributed by atoms with E-state index in [-0.39, 0.29) is 17.8 Å². The molecule has 4 nitrogen and oxygen atoms in total. The van der Waals surface area contributed by atoms with Gasteiger partial charge in [0, 0.05) is 33.5 Å². The molecule has 2 aromatic carbocycles. The molecule has 8 heteroatoms. The minimum Gasteiger partial charge on any atom is -0.484 e. The van der Waals surface area contributed by atoms with Crippen molar-refractivity contribution in [2.75, 3.05) is 6.26 Å². The van der Waals surface area contributed by atoms with E-state index in [4.69, 9.17) is 14.5 Å². The van der Waals surface area contributed by atoms with Crippen LogP contribution in [0.25, 0.3) is 5.65 Å². The highest BCUT2D eigenvalue weighted by molar-refractivity contribution is 9.10. The number of rotatable bonds is 6. The molecule has 2 aromatic heterocycles. The van der Waals surface area contributed by atoms with Crippen molar-refractivity contribution in [1.82, 2.24) is 9.38 Å². The fourth-order valence-corrected chi connectivity index (χ4v) is 5.05. The summed E-state index contributed by atoms with van der Waals surface area (Å²) in [5, 5.41) is 0. The van der Waals surface area contributed by atoms with Crippen LogP contribution in [0.2, 0.25) is 0 Å². The first kappa shape index (κ1) is 21.3. The van der Waals surface area contributed by atoms with Gasteiger partial charge in [-0.3, -0.25) is 0 Å². The van der Waals surface area contributed by atoms with E-state index in [1.165, 1.54) is 0 Å². The maximum Gasteiger partial charge on any atom is 0.387 e. The zero-order chi connectivity index (χ0) is 22.2. The first-order chi connectivity index (χ1) is 15.5. The van der Waals surface area contributed by atoms with Gasteiger partial charge in [0.15, 0.2) is 0 Å². The molecule has 164 valence electrons. The number of fused-ring (bicyclic) bond motifs is 3. The average Bonchev–Trinajstić information content (AvgIpc) is 3.31. The van der Waals surface area contributed by atoms with Crippen molar-refractivity contribution in [2.45, 2.75) is 29.9 Å². The Morgan fingerprint density at radius 1 is 1.12 bits per heavy atom. The minimum absolute atomic E-state index is 0.174. The van der Waals surface area contributed by atoms with E-state index in [0.717, 1.165) is 32.2 Å². The Morgan fingerprint density at radius 3 is 2.78 bits per heavy atom. The van der Waals surface area contributed by atoms with E-state index in [2.05, 4.69) is 15.9 Å². The number of alkyl halides is 2. The standard InChI is InChI=1S/C24H19BrF2N2O2S/c1-32-16-6-4-5-15(11-16)30-20-12-18(17-7-2-3-8-19(17)31-24(26)27)23-22(20)28-21-10-9-14(25)13-29(21)23/h2-11,13,18,20,24H,12H2,1H3. The molecule has 0 radical (unpaired) electrons. The lowest BCUT2D eigenvalue weighted by Crippen LogP contribution is -2.09. The van der Waals surface area contributed by atoms with Crippen LogP contribution in [0, 0.1) is 0 Å². The number of hydrogen-bond donors (Lipinski definition) is 0. The molecule has 2 atom stereocenters. The Labute approximate surface area is 196 Å². The highest BCUT2D eigenvalue weighted by atomic mass is 79.9. The number of halogens is 3. The third-order valence-electron chi connectivity index (χ3n) is 5.56. The average molecular weight is 517 g/mol. The molecule has 0 fully saturated rings. The SMILES string of the molecule is CSc1cccc(OC2CC(c3ccccc3OC(F)F)c3c2nc2ccc(Br)cn32)c1. The quantitative estimate of drug-likeness (QED) is 0.256. The van der Waals surface area contributed by atoms with Gasteiger partial charge in [-0.15, -0.1) is 11.8 Å². The molecule has 2 unspecified atom stereocenters. The van der Waals surface area contributed by atoms with Crippen LogP contribution in [0.5, 0.6) is 11.5 Å². The van der Waals surface area contributed by atoms with Crippen molar-refractivity contribution in [3.05, 3.63) is 88.3 Å². The van der Waals surface area contributed by atoms with Gasteiger partial charge in [0.25, 0.3) is 0 Å². The maximum atomic E-state index is 13.1. The summed E-state index contributed by atoms with van der Waals surface area (Å²) in [6.45, 7) is -2.89. The van der Waals surface area contributed by atoms with E-state index in [0.29, 0.717) is 12.0 Å². The van der Waals surface area contributed by atoms with Crippen molar-refractivity contribution in [3.8, 4) is 11.5 Å². The molecule has 0 saturated heterocycles. The van der Waals surface area contributed by atoms with Crippen LogP contribution in [0.4, 0.5) is 8.78 Å². The van der Waals surface area contributed by atoms with E-state index in [1.54, 1.807) is 23.9 Å². The lowest BCUT2D eigenvalue weighted by atomic mass is 9.95. The van der Waals surface area contributed by atoms with Gasteiger partial charge in [-0.25, -0.2) is 4.98 Å². The molecule has 0 saturated carbocycles. The molecular formula is C24H19BrF2N2O2S. The number of imidazole rings is 1. The smallest absolute Gasteiger partial charge is 0.387 e. The van der Waals surface area contributed by atoms with Gasteiger partial charge < -0.3 is 13.9 Å². The summed E-state index contributed by atoms with van der Waals surface area (Å²) in [7, 11) is 0. The monoisotopic (exact) mass is 516 g/mol. The second kappa shape index (κ2) is 8.75. The molecule has 4 aromatic rings. The van der Waals surface area contributed by atoms with Gasteiger partial charge in [-0.05, 0) is 58.6 Å². The highest BCUT2D eigenvalue weighted by Gasteiger charge is 2.39. The van der Waals surface area contributed by atoms with E-state index in [9.17, 15) is 8.78 Å².